The Kier molecular flexibility index (Phi) is 2.86. The highest BCUT2D eigenvalue weighted by Crippen LogP contribution is 2.31. The van der Waals surface area contributed by atoms with Crippen molar-refractivity contribution >= 4 is 5.57 Å². The maximum atomic E-state index is 3.75. The number of rotatable bonds is 2. The Morgan fingerprint density at radius 2 is 2.07 bits per heavy atom. The largest absolute Gasteiger partial charge is 0.0988 e. The summed E-state index contributed by atoms with van der Waals surface area (Å²) in [5.74, 6) is 0. The average Bonchev–Trinajstić information content (AvgIpc) is 2.69. The number of hydrogen-bond acceptors (Lipinski definition) is 0. The van der Waals surface area contributed by atoms with E-state index < -0.39 is 0 Å². The summed E-state index contributed by atoms with van der Waals surface area (Å²) < 4.78 is 0. The summed E-state index contributed by atoms with van der Waals surface area (Å²) >= 11 is 0. The molecule has 0 fully saturated rings. The molecule has 0 heterocycles. The van der Waals surface area contributed by atoms with Gasteiger partial charge < -0.3 is 0 Å². The molecule has 0 bridgehead atoms. The summed E-state index contributed by atoms with van der Waals surface area (Å²) in [5, 5.41) is 0. The van der Waals surface area contributed by atoms with Crippen molar-refractivity contribution in [1.29, 1.82) is 0 Å². The van der Waals surface area contributed by atoms with Gasteiger partial charge in [0.15, 0.2) is 0 Å². The third kappa shape index (κ3) is 2.10. The van der Waals surface area contributed by atoms with Crippen LogP contribution in [0.25, 0.3) is 5.57 Å². The van der Waals surface area contributed by atoms with Gasteiger partial charge in [0.1, 0.15) is 0 Å². The van der Waals surface area contributed by atoms with Gasteiger partial charge in [-0.15, -0.1) is 0 Å². The van der Waals surface area contributed by atoms with Crippen LogP contribution in [-0.4, -0.2) is 0 Å². The van der Waals surface area contributed by atoms with Crippen LogP contribution in [0.1, 0.15) is 24.5 Å². The van der Waals surface area contributed by atoms with Crippen LogP contribution in [0.4, 0.5) is 0 Å². The van der Waals surface area contributed by atoms with Gasteiger partial charge in [0.25, 0.3) is 0 Å². The van der Waals surface area contributed by atoms with Crippen molar-refractivity contribution in [2.24, 2.45) is 0 Å². The highest BCUT2D eigenvalue weighted by atomic mass is 14.2. The van der Waals surface area contributed by atoms with Gasteiger partial charge >= 0.3 is 0 Å². The van der Waals surface area contributed by atoms with E-state index in [1.165, 1.54) is 35.1 Å². The Morgan fingerprint density at radius 1 is 1.27 bits per heavy atom. The molecule has 0 heteroatoms. The first-order valence-corrected chi connectivity index (χ1v) is 5.39. The molecule has 0 nitrogen and oxygen atoms in total. The smallest absolute Gasteiger partial charge is 0.0192 e. The molecule has 0 aromatic heterocycles. The minimum Gasteiger partial charge on any atom is -0.0988 e. The number of fused-ring (bicyclic) bond motifs is 1. The van der Waals surface area contributed by atoms with Gasteiger partial charge in [0.05, 0.1) is 0 Å². The fourth-order valence-electron chi connectivity index (χ4n) is 1.93. The molecule has 15 heavy (non-hydrogen) atoms. The highest BCUT2D eigenvalue weighted by Gasteiger charge is 2.13. The fraction of sp³-hybridized carbons (Fsp3) is 0.200. The fourth-order valence-corrected chi connectivity index (χ4v) is 1.93. The van der Waals surface area contributed by atoms with Gasteiger partial charge in [0, 0.05) is 0 Å². The van der Waals surface area contributed by atoms with Crippen molar-refractivity contribution in [1.82, 2.24) is 0 Å². The SMILES string of the molecule is C=C/C(C)=C\C=C1/CCc2ccccc21. The molecule has 1 aliphatic rings. The van der Waals surface area contributed by atoms with Crippen molar-refractivity contribution in [3.63, 3.8) is 0 Å². The molecule has 0 unspecified atom stereocenters. The standard InChI is InChI=1S/C15H16/c1-3-12(2)8-9-14-11-10-13-6-4-5-7-15(13)14/h3-9H,1,10-11H2,2H3/b12-8-,14-9+. The van der Waals surface area contributed by atoms with Gasteiger partial charge in [-0.2, -0.15) is 0 Å². The highest BCUT2D eigenvalue weighted by molar-refractivity contribution is 5.73. The molecule has 0 spiro atoms. The van der Waals surface area contributed by atoms with Crippen LogP contribution in [0.2, 0.25) is 0 Å². The Labute approximate surface area is 91.6 Å². The van der Waals surface area contributed by atoms with Crippen molar-refractivity contribution < 1.29 is 0 Å². The van der Waals surface area contributed by atoms with Crippen molar-refractivity contribution in [2.45, 2.75) is 19.8 Å². The van der Waals surface area contributed by atoms with Gasteiger partial charge in [-0.3, -0.25) is 0 Å². The van der Waals surface area contributed by atoms with Crippen LogP contribution < -0.4 is 0 Å². The minimum absolute atomic E-state index is 1.17. The van der Waals surface area contributed by atoms with Crippen molar-refractivity contribution in [3.05, 3.63) is 65.8 Å². The van der Waals surface area contributed by atoms with Crippen LogP contribution in [0.5, 0.6) is 0 Å². The van der Waals surface area contributed by atoms with E-state index in [4.69, 9.17) is 0 Å². The first kappa shape index (κ1) is 9.97. The average molecular weight is 196 g/mol. The zero-order valence-electron chi connectivity index (χ0n) is 9.16. The second kappa shape index (κ2) is 4.31. The topological polar surface area (TPSA) is 0 Å². The Hall–Kier alpha value is -1.56. The van der Waals surface area contributed by atoms with E-state index in [9.17, 15) is 0 Å². The van der Waals surface area contributed by atoms with E-state index in [2.05, 4.69) is 49.9 Å². The molecule has 0 saturated heterocycles. The lowest BCUT2D eigenvalue weighted by molar-refractivity contribution is 1.08. The molecular formula is C15H16. The van der Waals surface area contributed by atoms with Crippen molar-refractivity contribution in [3.8, 4) is 0 Å². The normalized spacial score (nSPS) is 17.9. The van der Waals surface area contributed by atoms with Crippen LogP contribution in [0, 0.1) is 0 Å². The molecule has 0 N–H and O–H groups in total. The number of benzene rings is 1. The second-order valence-corrected chi connectivity index (χ2v) is 3.96. The molecule has 0 atom stereocenters. The van der Waals surface area contributed by atoms with Gasteiger partial charge in [-0.05, 0) is 36.5 Å². The molecule has 0 saturated carbocycles. The van der Waals surface area contributed by atoms with E-state index in [-0.39, 0.29) is 0 Å². The number of allylic oxidation sites excluding steroid dienone is 5. The monoisotopic (exact) mass is 196 g/mol. The predicted molar refractivity (Wildman–Crippen MR) is 66.7 cm³/mol. The van der Waals surface area contributed by atoms with E-state index in [0.717, 1.165) is 0 Å². The first-order valence-electron chi connectivity index (χ1n) is 5.39. The molecule has 1 aromatic carbocycles. The third-order valence-electron chi connectivity index (χ3n) is 2.90. The minimum atomic E-state index is 1.17. The van der Waals surface area contributed by atoms with Crippen LogP contribution in [-0.2, 0) is 6.42 Å². The zero-order valence-corrected chi connectivity index (χ0v) is 9.16. The van der Waals surface area contributed by atoms with E-state index >= 15 is 0 Å². The van der Waals surface area contributed by atoms with Gasteiger partial charge in [0.2, 0.25) is 0 Å². The Morgan fingerprint density at radius 3 is 2.87 bits per heavy atom. The van der Waals surface area contributed by atoms with Crippen molar-refractivity contribution in [2.75, 3.05) is 0 Å². The Balaban J connectivity index is 2.31. The number of hydrogen-bond donors (Lipinski definition) is 0. The predicted octanol–water partition coefficient (Wildman–Crippen LogP) is 4.15. The van der Waals surface area contributed by atoms with Crippen LogP contribution in [0.3, 0.4) is 0 Å². The molecular weight excluding hydrogens is 180 g/mol. The summed E-state index contributed by atoms with van der Waals surface area (Å²) in [6.07, 6.45) is 8.61. The molecule has 1 aromatic rings. The molecule has 0 radical (unpaired) electrons. The summed E-state index contributed by atoms with van der Waals surface area (Å²) in [6.45, 7) is 5.83. The van der Waals surface area contributed by atoms with E-state index in [1.54, 1.807) is 0 Å². The quantitative estimate of drug-likeness (QED) is 0.623. The van der Waals surface area contributed by atoms with E-state index in [1.807, 2.05) is 6.08 Å². The van der Waals surface area contributed by atoms with Gasteiger partial charge in [-0.1, -0.05) is 54.6 Å². The maximum Gasteiger partial charge on any atom is -0.0192 e. The summed E-state index contributed by atoms with van der Waals surface area (Å²) in [6, 6.07) is 8.67. The molecule has 76 valence electrons. The first-order chi connectivity index (χ1) is 7.31. The molecule has 0 amide bonds. The lowest BCUT2D eigenvalue weighted by Gasteiger charge is -1.98. The number of aryl methyl sites for hydroxylation is 1. The lowest BCUT2D eigenvalue weighted by Crippen LogP contribution is -1.78. The summed E-state index contributed by atoms with van der Waals surface area (Å²) in [7, 11) is 0. The zero-order chi connectivity index (χ0) is 10.7. The van der Waals surface area contributed by atoms with Crippen LogP contribution >= 0.6 is 0 Å². The molecule has 0 aliphatic heterocycles. The summed E-state index contributed by atoms with van der Waals surface area (Å²) in [4.78, 5) is 0. The lowest BCUT2D eigenvalue weighted by atomic mass is 10.1. The van der Waals surface area contributed by atoms with Gasteiger partial charge in [-0.25, -0.2) is 0 Å². The third-order valence-corrected chi connectivity index (χ3v) is 2.90. The molecule has 1 aliphatic carbocycles. The van der Waals surface area contributed by atoms with E-state index in [0.29, 0.717) is 0 Å². The molecule has 2 rings (SSSR count). The van der Waals surface area contributed by atoms with Crippen LogP contribution in [0.15, 0.2) is 54.6 Å². The summed E-state index contributed by atoms with van der Waals surface area (Å²) in [5.41, 5.74) is 5.57. The Bertz CT molecular complexity index is 433. The maximum absolute atomic E-state index is 3.75. The second-order valence-electron chi connectivity index (χ2n) is 3.96.